The van der Waals surface area contributed by atoms with Crippen molar-refractivity contribution >= 4 is 43.8 Å². The molecule has 0 saturated carbocycles. The van der Waals surface area contributed by atoms with E-state index in [0.717, 1.165) is 25.7 Å². The van der Waals surface area contributed by atoms with E-state index in [1.54, 1.807) is 0 Å². The van der Waals surface area contributed by atoms with E-state index in [1.807, 2.05) is 0 Å². The van der Waals surface area contributed by atoms with E-state index in [1.165, 1.54) is 55.7 Å². The molecule has 0 aliphatic heterocycles. The fourth-order valence-electron chi connectivity index (χ4n) is 7.67. The normalized spacial score (nSPS) is 17.9. The minimum absolute atomic E-state index is 0.161. The Hall–Kier alpha value is -1.38. The SMILES string of the molecule is CCCC1=Cc2c(-c3ccccc3)cccc2[CH]1[Zr]([Cl])([Cl])([CH]1C(CCC)=Cc2c(-c3ccccc3)cccc21)=[Sn]([CH3])[CH3]. The van der Waals surface area contributed by atoms with Crippen LogP contribution < -0.4 is 0 Å². The van der Waals surface area contributed by atoms with E-state index >= 15 is 0 Å². The first-order valence-electron chi connectivity index (χ1n) is 15.4. The Morgan fingerprint density at radius 3 is 1.33 bits per heavy atom. The van der Waals surface area contributed by atoms with Crippen LogP contribution in [0, 0.1) is 0 Å². The average molecular weight is 778 g/mol. The van der Waals surface area contributed by atoms with Crippen LogP contribution in [-0.2, 0) is 11.6 Å². The molecular formula is C38H40Cl2SnZr. The third kappa shape index (κ3) is 4.99. The molecule has 0 aromatic heterocycles. The Bertz CT molecular complexity index is 1650. The van der Waals surface area contributed by atoms with E-state index in [9.17, 15) is 0 Å². The second-order valence-electron chi connectivity index (χ2n) is 12.3. The molecule has 6 rings (SSSR count). The third-order valence-electron chi connectivity index (χ3n) is 9.56. The maximum atomic E-state index is 8.64. The van der Waals surface area contributed by atoms with Crippen molar-refractivity contribution in [2.24, 2.45) is 0 Å². The zero-order chi connectivity index (χ0) is 29.5. The molecule has 4 aromatic carbocycles. The molecule has 0 amide bonds. The first-order valence-corrected chi connectivity index (χ1v) is 40.0. The molecule has 0 fully saturated rings. The third-order valence-corrected chi connectivity index (χ3v) is 100.0. The van der Waals surface area contributed by atoms with Crippen molar-refractivity contribution in [2.45, 2.75) is 56.7 Å². The molecule has 0 N–H and O–H groups in total. The molecule has 2 aliphatic rings. The summed E-state index contributed by atoms with van der Waals surface area (Å²) in [7, 11) is 17.3. The summed E-state index contributed by atoms with van der Waals surface area (Å²) in [5.41, 5.74) is 13.6. The quantitative estimate of drug-likeness (QED) is 0.156. The van der Waals surface area contributed by atoms with Crippen LogP contribution in [0.2, 0.25) is 9.88 Å². The Balaban J connectivity index is 1.62. The van der Waals surface area contributed by atoms with Crippen molar-refractivity contribution < 1.29 is 11.6 Å². The first-order chi connectivity index (χ1) is 20.3. The fourth-order valence-corrected chi connectivity index (χ4v) is 56.9. The van der Waals surface area contributed by atoms with Crippen LogP contribution in [-0.4, -0.2) is 14.6 Å². The van der Waals surface area contributed by atoms with Gasteiger partial charge in [0.25, 0.3) is 0 Å². The second-order valence-corrected chi connectivity index (χ2v) is 82.7. The molecule has 214 valence electrons. The van der Waals surface area contributed by atoms with Crippen molar-refractivity contribution in [1.29, 1.82) is 0 Å². The van der Waals surface area contributed by atoms with Gasteiger partial charge in [-0.2, -0.15) is 0 Å². The van der Waals surface area contributed by atoms with Gasteiger partial charge in [-0.15, -0.1) is 0 Å². The van der Waals surface area contributed by atoms with E-state index < -0.39 is 26.1 Å². The monoisotopic (exact) mass is 776 g/mol. The Morgan fingerprint density at radius 1 is 0.571 bits per heavy atom. The van der Waals surface area contributed by atoms with Crippen molar-refractivity contribution in [2.75, 3.05) is 0 Å². The molecule has 42 heavy (non-hydrogen) atoms. The molecule has 4 heteroatoms. The Kier molecular flexibility index (Phi) is 8.89. The molecule has 4 aromatic rings. The van der Waals surface area contributed by atoms with Crippen LogP contribution >= 0.6 is 17.0 Å². The van der Waals surface area contributed by atoms with Gasteiger partial charge in [0, 0.05) is 0 Å². The van der Waals surface area contributed by atoms with E-state index in [2.05, 4.69) is 133 Å². The Labute approximate surface area is 262 Å². The van der Waals surface area contributed by atoms with Crippen molar-refractivity contribution in [3.63, 3.8) is 0 Å². The summed E-state index contributed by atoms with van der Waals surface area (Å²) in [6.45, 7) is 4.59. The summed E-state index contributed by atoms with van der Waals surface area (Å²) in [5.74, 6) is 0. The number of hydrogen-bond donors (Lipinski definition) is 0. The number of halogens is 2. The molecule has 0 spiro atoms. The molecule has 0 nitrogen and oxygen atoms in total. The summed E-state index contributed by atoms with van der Waals surface area (Å²) in [6, 6.07) is 35.4. The molecule has 0 radical (unpaired) electrons. The minimum atomic E-state index is -4.70. The van der Waals surface area contributed by atoms with Crippen molar-refractivity contribution in [3.8, 4) is 22.3 Å². The number of hydrogen-bond acceptors (Lipinski definition) is 0. The van der Waals surface area contributed by atoms with Crippen LogP contribution in [0.3, 0.4) is 0 Å². The van der Waals surface area contributed by atoms with Gasteiger partial charge < -0.3 is 0 Å². The van der Waals surface area contributed by atoms with Gasteiger partial charge in [-0.3, -0.25) is 0 Å². The maximum absolute atomic E-state index is 8.64. The molecular weight excluding hydrogens is 737 g/mol. The predicted molar refractivity (Wildman–Crippen MR) is 184 cm³/mol. The number of rotatable bonds is 8. The fraction of sp³-hybridized carbons (Fsp3) is 0.263. The zero-order valence-corrected chi connectivity index (χ0v) is 32.0. The van der Waals surface area contributed by atoms with Gasteiger partial charge in [-0.25, -0.2) is 0 Å². The van der Waals surface area contributed by atoms with Crippen LogP contribution in [0.5, 0.6) is 0 Å². The van der Waals surface area contributed by atoms with Gasteiger partial charge in [-0.1, -0.05) is 0 Å². The van der Waals surface area contributed by atoms with Gasteiger partial charge in [0.15, 0.2) is 0 Å². The van der Waals surface area contributed by atoms with Gasteiger partial charge in [-0.05, 0) is 0 Å². The van der Waals surface area contributed by atoms with Gasteiger partial charge >= 0.3 is 265 Å². The summed E-state index contributed by atoms with van der Waals surface area (Å²) in [4.78, 5) is 5.03. The van der Waals surface area contributed by atoms with E-state index in [-0.39, 0.29) is 7.25 Å². The first kappa shape index (κ1) is 30.6. The number of fused-ring (bicyclic) bond motifs is 2. The zero-order valence-electron chi connectivity index (χ0n) is 25.1. The molecule has 0 heterocycles. The predicted octanol–water partition coefficient (Wildman–Crippen LogP) is 12.4. The van der Waals surface area contributed by atoms with Crippen LogP contribution in [0.4, 0.5) is 0 Å². The summed E-state index contributed by atoms with van der Waals surface area (Å²) < 4.78 is 0.323. The molecule has 2 aliphatic carbocycles. The second kappa shape index (κ2) is 12.2. The van der Waals surface area contributed by atoms with E-state index in [0.29, 0.717) is 0 Å². The van der Waals surface area contributed by atoms with Gasteiger partial charge in [0.05, 0.1) is 0 Å². The number of benzene rings is 4. The molecule has 0 bridgehead atoms. The average Bonchev–Trinajstić information content (AvgIpc) is 3.57. The molecule has 2 unspecified atom stereocenters. The van der Waals surface area contributed by atoms with Crippen molar-refractivity contribution in [3.05, 3.63) is 130 Å². The molecule has 0 saturated heterocycles. The topological polar surface area (TPSA) is 0 Å². The standard InChI is InChI=1S/2C18H17.2CH3.2ClH.Sn.Zr/c2*1-2-7-14-12-16-10-6-11-17(18(16)13-14)15-8-4-3-5-9-15;;;;;;/h2*3-6,8-13H,2,7H2,1H3;2*1H3;2*1H;;/q;;;;;;;+2/p-2. The summed E-state index contributed by atoms with van der Waals surface area (Å²) >= 11 is -7.02. The summed E-state index contributed by atoms with van der Waals surface area (Å²) in [5, 5.41) is 0. The molecule has 2 atom stereocenters. The van der Waals surface area contributed by atoms with E-state index in [4.69, 9.17) is 17.0 Å². The van der Waals surface area contributed by atoms with Gasteiger partial charge in [0.2, 0.25) is 0 Å². The van der Waals surface area contributed by atoms with Crippen LogP contribution in [0.15, 0.2) is 108 Å². The Morgan fingerprint density at radius 2 is 0.976 bits per heavy atom. The number of allylic oxidation sites excluding steroid dienone is 2. The van der Waals surface area contributed by atoms with Crippen molar-refractivity contribution in [1.82, 2.24) is 0 Å². The summed E-state index contributed by atoms with van der Waals surface area (Å²) in [6.07, 6.45) is 9.27. The van der Waals surface area contributed by atoms with Gasteiger partial charge in [0.1, 0.15) is 0 Å². The van der Waals surface area contributed by atoms with Crippen LogP contribution in [0.1, 0.15) is 69.0 Å². The van der Waals surface area contributed by atoms with Crippen LogP contribution in [0.25, 0.3) is 34.4 Å².